The molecule has 1 rings (SSSR count). The van der Waals surface area contributed by atoms with Crippen LogP contribution in [-0.2, 0) is 9.84 Å². The smallest absolute Gasteiger partial charge is 0.152 e. The molecule has 114 valence electrons. The van der Waals surface area contributed by atoms with E-state index in [1.807, 2.05) is 0 Å². The Bertz CT molecular complexity index is 348. The number of hydrogen-bond donors (Lipinski definition) is 1. The Morgan fingerprint density at radius 1 is 1.16 bits per heavy atom. The summed E-state index contributed by atoms with van der Waals surface area (Å²) in [5.41, 5.74) is 0.269. The number of rotatable bonds is 7. The molecule has 1 N–H and O–H groups in total. The van der Waals surface area contributed by atoms with Gasteiger partial charge in [-0.1, -0.05) is 27.7 Å². The third-order valence-corrected chi connectivity index (χ3v) is 5.99. The van der Waals surface area contributed by atoms with E-state index in [4.69, 9.17) is 0 Å². The van der Waals surface area contributed by atoms with Crippen LogP contribution in [0.4, 0.5) is 0 Å². The number of sulfone groups is 1. The van der Waals surface area contributed by atoms with Gasteiger partial charge in [0.05, 0.1) is 11.5 Å². The molecule has 0 aromatic rings. The minimum absolute atomic E-state index is 0.269. The van der Waals surface area contributed by atoms with Gasteiger partial charge in [-0.25, -0.2) is 8.42 Å². The van der Waals surface area contributed by atoms with Crippen molar-refractivity contribution in [3.05, 3.63) is 0 Å². The molecule has 19 heavy (non-hydrogen) atoms. The fourth-order valence-electron chi connectivity index (χ4n) is 2.58. The van der Waals surface area contributed by atoms with Crippen LogP contribution in [0.25, 0.3) is 0 Å². The van der Waals surface area contributed by atoms with E-state index < -0.39 is 9.84 Å². The van der Waals surface area contributed by atoms with Gasteiger partial charge in [-0.3, -0.25) is 0 Å². The van der Waals surface area contributed by atoms with Crippen LogP contribution >= 0.6 is 0 Å². The van der Waals surface area contributed by atoms with E-state index >= 15 is 0 Å². The molecule has 4 nitrogen and oxygen atoms in total. The third kappa shape index (κ3) is 5.40. The summed E-state index contributed by atoms with van der Waals surface area (Å²) in [6, 6.07) is 0.499. The Morgan fingerprint density at radius 3 is 2.11 bits per heavy atom. The predicted molar refractivity (Wildman–Crippen MR) is 81.2 cm³/mol. The Hall–Kier alpha value is -0.130. The van der Waals surface area contributed by atoms with Gasteiger partial charge >= 0.3 is 0 Å². The quantitative estimate of drug-likeness (QED) is 0.772. The molecule has 0 atom stereocenters. The van der Waals surface area contributed by atoms with Crippen LogP contribution in [0.2, 0.25) is 0 Å². The summed E-state index contributed by atoms with van der Waals surface area (Å²) in [5.74, 6) is 0.655. The zero-order valence-corrected chi connectivity index (χ0v) is 13.7. The minimum Gasteiger partial charge on any atom is -0.314 e. The van der Waals surface area contributed by atoms with Crippen LogP contribution in [0.15, 0.2) is 0 Å². The topological polar surface area (TPSA) is 49.4 Å². The molecule has 5 heteroatoms. The van der Waals surface area contributed by atoms with Gasteiger partial charge < -0.3 is 10.2 Å². The summed E-state index contributed by atoms with van der Waals surface area (Å²) in [6.07, 6.45) is 2.26. The fourth-order valence-corrected chi connectivity index (χ4v) is 3.86. The van der Waals surface area contributed by atoms with E-state index in [2.05, 4.69) is 37.9 Å². The molecule has 0 aromatic carbocycles. The molecular formula is C14H30N2O2S. The Balaban J connectivity index is 2.58. The second-order valence-electron chi connectivity index (χ2n) is 6.17. The number of nitrogens with zero attached hydrogens (tertiary/aromatic N) is 1. The van der Waals surface area contributed by atoms with Gasteiger partial charge in [0, 0.05) is 32.2 Å². The summed E-state index contributed by atoms with van der Waals surface area (Å²) < 4.78 is 23.0. The summed E-state index contributed by atoms with van der Waals surface area (Å²) in [4.78, 5) is 2.33. The van der Waals surface area contributed by atoms with Gasteiger partial charge in [0.25, 0.3) is 0 Å². The number of nitrogens with one attached hydrogen (secondary N) is 1. The molecule has 1 aliphatic rings. The predicted octanol–water partition coefficient (Wildman–Crippen LogP) is 1.52. The highest BCUT2D eigenvalue weighted by molar-refractivity contribution is 7.91. The average molecular weight is 290 g/mol. The summed E-state index contributed by atoms with van der Waals surface area (Å²) in [5, 5.41) is 3.55. The van der Waals surface area contributed by atoms with E-state index in [-0.39, 0.29) is 5.41 Å². The van der Waals surface area contributed by atoms with Crippen molar-refractivity contribution in [2.24, 2.45) is 5.41 Å². The van der Waals surface area contributed by atoms with Crippen molar-refractivity contribution < 1.29 is 8.42 Å². The van der Waals surface area contributed by atoms with Crippen LogP contribution < -0.4 is 5.32 Å². The lowest BCUT2D eigenvalue weighted by Crippen LogP contribution is -2.49. The fraction of sp³-hybridized carbons (Fsp3) is 1.00. The monoisotopic (exact) mass is 290 g/mol. The van der Waals surface area contributed by atoms with Gasteiger partial charge in [0.15, 0.2) is 9.84 Å². The van der Waals surface area contributed by atoms with Crippen molar-refractivity contribution in [3.63, 3.8) is 0 Å². The van der Waals surface area contributed by atoms with Gasteiger partial charge in [0.1, 0.15) is 0 Å². The second-order valence-corrected chi connectivity index (χ2v) is 8.47. The maximum Gasteiger partial charge on any atom is 0.152 e. The molecule has 1 saturated heterocycles. The van der Waals surface area contributed by atoms with Crippen LogP contribution in [0.3, 0.4) is 0 Å². The van der Waals surface area contributed by atoms with Crippen LogP contribution in [0.1, 0.15) is 40.5 Å². The normalized spacial score (nSPS) is 20.9. The standard InChI is InChI=1S/C14H30N2O2S/c1-5-14(6-2,11-15-13(3)4)12-16-7-9-19(17,18)10-8-16/h13,15H,5-12H2,1-4H3. The molecule has 0 unspecified atom stereocenters. The van der Waals surface area contributed by atoms with Gasteiger partial charge in [-0.15, -0.1) is 0 Å². The van der Waals surface area contributed by atoms with Crippen molar-refractivity contribution >= 4 is 9.84 Å². The molecule has 0 aromatic heterocycles. The lowest BCUT2D eigenvalue weighted by atomic mass is 9.81. The molecule has 1 heterocycles. The Labute approximate surface area is 118 Å². The Morgan fingerprint density at radius 2 is 1.68 bits per heavy atom. The zero-order valence-electron chi connectivity index (χ0n) is 12.9. The van der Waals surface area contributed by atoms with Crippen LogP contribution in [0, 0.1) is 5.41 Å². The van der Waals surface area contributed by atoms with E-state index in [0.29, 0.717) is 30.6 Å². The molecule has 0 radical (unpaired) electrons. The van der Waals surface area contributed by atoms with Crippen molar-refractivity contribution in [1.29, 1.82) is 0 Å². The molecule has 1 aliphatic heterocycles. The second kappa shape index (κ2) is 7.04. The highest BCUT2D eigenvalue weighted by atomic mass is 32.2. The van der Waals surface area contributed by atoms with Crippen molar-refractivity contribution in [2.75, 3.05) is 37.7 Å². The van der Waals surface area contributed by atoms with E-state index in [1.54, 1.807) is 0 Å². The van der Waals surface area contributed by atoms with E-state index in [0.717, 1.165) is 25.9 Å². The SMILES string of the molecule is CCC(CC)(CNC(C)C)CN1CCS(=O)(=O)CC1. The first-order valence-corrected chi connectivity index (χ1v) is 9.31. The molecule has 0 bridgehead atoms. The Kier molecular flexibility index (Phi) is 6.27. The third-order valence-electron chi connectivity index (χ3n) is 4.38. The highest BCUT2D eigenvalue weighted by Gasteiger charge is 2.31. The lowest BCUT2D eigenvalue weighted by molar-refractivity contribution is 0.139. The first kappa shape index (κ1) is 16.9. The summed E-state index contributed by atoms with van der Waals surface area (Å²) >= 11 is 0. The first-order valence-electron chi connectivity index (χ1n) is 7.48. The van der Waals surface area contributed by atoms with Gasteiger partial charge in [-0.05, 0) is 18.3 Å². The summed E-state index contributed by atoms with van der Waals surface area (Å²) in [7, 11) is -2.77. The van der Waals surface area contributed by atoms with E-state index in [9.17, 15) is 8.42 Å². The molecule has 0 aliphatic carbocycles. The largest absolute Gasteiger partial charge is 0.314 e. The average Bonchev–Trinajstić information content (AvgIpc) is 2.37. The molecule has 0 amide bonds. The molecule has 1 fully saturated rings. The number of hydrogen-bond acceptors (Lipinski definition) is 4. The van der Waals surface area contributed by atoms with Gasteiger partial charge in [-0.2, -0.15) is 0 Å². The first-order chi connectivity index (χ1) is 8.82. The molecule has 0 saturated carbocycles. The zero-order chi connectivity index (χ0) is 14.5. The van der Waals surface area contributed by atoms with Crippen molar-refractivity contribution in [3.8, 4) is 0 Å². The maximum absolute atomic E-state index is 11.5. The van der Waals surface area contributed by atoms with Crippen molar-refractivity contribution in [2.45, 2.75) is 46.6 Å². The van der Waals surface area contributed by atoms with Crippen LogP contribution in [-0.4, -0.2) is 57.0 Å². The van der Waals surface area contributed by atoms with Crippen molar-refractivity contribution in [1.82, 2.24) is 10.2 Å². The minimum atomic E-state index is -2.77. The highest BCUT2D eigenvalue weighted by Crippen LogP contribution is 2.27. The molecule has 0 spiro atoms. The lowest BCUT2D eigenvalue weighted by Gasteiger charge is -2.39. The molecular weight excluding hydrogens is 260 g/mol. The van der Waals surface area contributed by atoms with E-state index in [1.165, 1.54) is 0 Å². The van der Waals surface area contributed by atoms with Crippen LogP contribution in [0.5, 0.6) is 0 Å². The van der Waals surface area contributed by atoms with Gasteiger partial charge in [0.2, 0.25) is 0 Å². The maximum atomic E-state index is 11.5. The summed E-state index contributed by atoms with van der Waals surface area (Å²) in [6.45, 7) is 12.2.